The summed E-state index contributed by atoms with van der Waals surface area (Å²) in [5, 5.41) is 12.9. The fourth-order valence-electron chi connectivity index (χ4n) is 2.03. The molecule has 3 nitrogen and oxygen atoms in total. The molecule has 0 aliphatic heterocycles. The summed E-state index contributed by atoms with van der Waals surface area (Å²) >= 11 is 1.27. The number of hydrogen-bond donors (Lipinski definition) is 2. The fourth-order valence-corrected chi connectivity index (χ4v) is 3.01. The zero-order valence-electron chi connectivity index (χ0n) is 11.6. The minimum absolute atomic E-state index is 0.0300. The first-order chi connectivity index (χ1) is 9.47. The molecule has 2 aromatic rings. The zero-order valence-corrected chi connectivity index (χ0v) is 12.4. The smallest absolute Gasteiger partial charge is 0.261 e. The second kappa shape index (κ2) is 5.89. The van der Waals surface area contributed by atoms with Gasteiger partial charge in [0.05, 0.1) is 4.88 Å². The molecule has 5 heteroatoms. The van der Waals surface area contributed by atoms with Crippen molar-refractivity contribution < 1.29 is 14.3 Å². The predicted molar refractivity (Wildman–Crippen MR) is 79.6 cm³/mol. The Kier molecular flexibility index (Phi) is 4.40. The summed E-state index contributed by atoms with van der Waals surface area (Å²) in [6.45, 7) is 3.91. The third-order valence-electron chi connectivity index (χ3n) is 3.57. The normalized spacial score (nSPS) is 14.2. The largest absolute Gasteiger partial charge is 0.396 e. The van der Waals surface area contributed by atoms with Crippen molar-refractivity contribution in [3.63, 3.8) is 0 Å². The number of rotatable bonds is 5. The lowest BCUT2D eigenvalue weighted by Gasteiger charge is -2.28. The van der Waals surface area contributed by atoms with E-state index in [1.54, 1.807) is 12.1 Å². The number of halogens is 1. The highest BCUT2D eigenvalue weighted by Crippen LogP contribution is 2.27. The molecule has 20 heavy (non-hydrogen) atoms. The molecule has 0 bridgehead atoms. The van der Waals surface area contributed by atoms with Gasteiger partial charge < -0.3 is 10.4 Å². The molecule has 0 spiro atoms. The van der Waals surface area contributed by atoms with Crippen LogP contribution in [0.3, 0.4) is 0 Å². The zero-order chi connectivity index (χ0) is 14.8. The molecule has 2 N–H and O–H groups in total. The summed E-state index contributed by atoms with van der Waals surface area (Å²) in [6, 6.07) is 6.26. The minimum atomic E-state index is -0.423. The minimum Gasteiger partial charge on any atom is -0.396 e. The van der Waals surface area contributed by atoms with E-state index < -0.39 is 5.54 Å². The number of carbonyl (C=O) groups excluding carboxylic acids is 1. The van der Waals surface area contributed by atoms with Crippen molar-refractivity contribution in [2.75, 3.05) is 6.61 Å². The highest BCUT2D eigenvalue weighted by Gasteiger charge is 2.25. The number of fused-ring (bicyclic) bond motifs is 1. The molecule has 1 atom stereocenters. The Morgan fingerprint density at radius 2 is 2.20 bits per heavy atom. The van der Waals surface area contributed by atoms with E-state index >= 15 is 0 Å². The van der Waals surface area contributed by atoms with Crippen molar-refractivity contribution >= 4 is 27.3 Å². The maximum absolute atomic E-state index is 13.2. The molecule has 0 aliphatic rings. The Balaban J connectivity index is 2.22. The van der Waals surface area contributed by atoms with E-state index in [-0.39, 0.29) is 18.3 Å². The van der Waals surface area contributed by atoms with Gasteiger partial charge in [-0.25, -0.2) is 4.39 Å². The van der Waals surface area contributed by atoms with Crippen LogP contribution in [0.5, 0.6) is 0 Å². The molecule has 0 aliphatic carbocycles. The SMILES string of the molecule is CCC(C)(CCO)NC(=O)c1cc2ccc(F)cc2s1. The first-order valence-corrected chi connectivity index (χ1v) is 7.41. The van der Waals surface area contributed by atoms with Gasteiger partial charge >= 0.3 is 0 Å². The number of amides is 1. The van der Waals surface area contributed by atoms with Gasteiger partial charge in [-0.3, -0.25) is 4.79 Å². The molecule has 1 aromatic heterocycles. The van der Waals surface area contributed by atoms with Crippen molar-refractivity contribution in [3.8, 4) is 0 Å². The molecule has 1 aromatic carbocycles. The molecule has 0 fully saturated rings. The summed E-state index contributed by atoms with van der Waals surface area (Å²) in [7, 11) is 0. The van der Waals surface area contributed by atoms with Crippen LogP contribution in [0, 0.1) is 5.82 Å². The van der Waals surface area contributed by atoms with Gasteiger partial charge in [0.25, 0.3) is 5.91 Å². The molecule has 0 saturated carbocycles. The lowest BCUT2D eigenvalue weighted by molar-refractivity contribution is 0.0890. The van der Waals surface area contributed by atoms with E-state index in [0.29, 0.717) is 11.3 Å². The van der Waals surface area contributed by atoms with Crippen molar-refractivity contribution in [2.45, 2.75) is 32.2 Å². The van der Waals surface area contributed by atoms with Gasteiger partial charge in [0.2, 0.25) is 0 Å². The van der Waals surface area contributed by atoms with Gasteiger partial charge in [-0.1, -0.05) is 13.0 Å². The number of nitrogens with one attached hydrogen (secondary N) is 1. The van der Waals surface area contributed by atoms with Crippen LogP contribution >= 0.6 is 11.3 Å². The third-order valence-corrected chi connectivity index (χ3v) is 4.66. The Hall–Kier alpha value is -1.46. The number of aliphatic hydroxyl groups excluding tert-OH is 1. The second-order valence-corrected chi connectivity index (χ2v) is 6.22. The fraction of sp³-hybridized carbons (Fsp3) is 0.400. The van der Waals surface area contributed by atoms with Gasteiger partial charge in [-0.05, 0) is 43.4 Å². The van der Waals surface area contributed by atoms with Crippen molar-refractivity contribution in [3.05, 3.63) is 35.0 Å². The standard InChI is InChI=1S/C15H18FNO2S/c1-3-15(2,6-7-18)17-14(19)13-8-10-4-5-11(16)9-12(10)20-13/h4-5,8-9,18H,3,6-7H2,1-2H3,(H,17,19). The Morgan fingerprint density at radius 3 is 2.85 bits per heavy atom. The summed E-state index contributed by atoms with van der Waals surface area (Å²) in [5.41, 5.74) is -0.423. The van der Waals surface area contributed by atoms with Crippen LogP contribution in [-0.4, -0.2) is 23.2 Å². The van der Waals surface area contributed by atoms with Crippen molar-refractivity contribution in [1.82, 2.24) is 5.32 Å². The number of thiophene rings is 1. The number of carbonyl (C=O) groups is 1. The molecule has 1 amide bonds. The average molecular weight is 295 g/mol. The monoisotopic (exact) mass is 295 g/mol. The predicted octanol–water partition coefficient (Wildman–Crippen LogP) is 3.32. The molecular formula is C15H18FNO2S. The number of hydrogen-bond acceptors (Lipinski definition) is 3. The molecule has 2 rings (SSSR count). The number of benzene rings is 1. The van der Waals surface area contributed by atoms with Gasteiger partial charge in [-0.15, -0.1) is 11.3 Å². The van der Waals surface area contributed by atoms with Crippen molar-refractivity contribution in [2.24, 2.45) is 0 Å². The van der Waals surface area contributed by atoms with Crippen LogP contribution in [0.4, 0.5) is 4.39 Å². The topological polar surface area (TPSA) is 49.3 Å². The highest BCUT2D eigenvalue weighted by atomic mass is 32.1. The summed E-state index contributed by atoms with van der Waals surface area (Å²) in [6.07, 6.45) is 1.24. The lowest BCUT2D eigenvalue weighted by Crippen LogP contribution is -2.45. The summed E-state index contributed by atoms with van der Waals surface area (Å²) in [5.74, 6) is -0.477. The van der Waals surface area contributed by atoms with Crippen LogP contribution in [0.2, 0.25) is 0 Å². The van der Waals surface area contributed by atoms with Crippen LogP contribution in [-0.2, 0) is 0 Å². The van der Waals surface area contributed by atoms with E-state index in [9.17, 15) is 9.18 Å². The second-order valence-electron chi connectivity index (χ2n) is 5.13. The van der Waals surface area contributed by atoms with E-state index in [1.165, 1.54) is 23.5 Å². The van der Waals surface area contributed by atoms with Gasteiger partial charge in [0.1, 0.15) is 5.82 Å². The quantitative estimate of drug-likeness (QED) is 0.889. The van der Waals surface area contributed by atoms with E-state index in [0.717, 1.165) is 16.5 Å². The molecule has 0 saturated heterocycles. The van der Waals surface area contributed by atoms with Crippen LogP contribution < -0.4 is 5.32 Å². The van der Waals surface area contributed by atoms with Gasteiger partial charge in [0.15, 0.2) is 0 Å². The molecule has 108 valence electrons. The highest BCUT2D eigenvalue weighted by molar-refractivity contribution is 7.20. The maximum Gasteiger partial charge on any atom is 0.261 e. The molecular weight excluding hydrogens is 277 g/mol. The molecule has 0 radical (unpaired) electrons. The van der Waals surface area contributed by atoms with E-state index in [1.807, 2.05) is 13.8 Å². The molecule has 1 heterocycles. The Labute approximate surface area is 121 Å². The number of aliphatic hydroxyl groups is 1. The van der Waals surface area contributed by atoms with Crippen LogP contribution in [0.15, 0.2) is 24.3 Å². The third kappa shape index (κ3) is 3.16. The first kappa shape index (κ1) is 14.9. The first-order valence-electron chi connectivity index (χ1n) is 6.60. The van der Waals surface area contributed by atoms with Gasteiger partial charge in [0, 0.05) is 16.8 Å². The molecule has 1 unspecified atom stereocenters. The Morgan fingerprint density at radius 1 is 1.45 bits per heavy atom. The van der Waals surface area contributed by atoms with E-state index in [2.05, 4.69) is 5.32 Å². The van der Waals surface area contributed by atoms with Gasteiger partial charge in [-0.2, -0.15) is 0 Å². The summed E-state index contributed by atoms with van der Waals surface area (Å²) in [4.78, 5) is 12.8. The average Bonchev–Trinajstić information content (AvgIpc) is 2.82. The van der Waals surface area contributed by atoms with E-state index in [4.69, 9.17) is 5.11 Å². The summed E-state index contributed by atoms with van der Waals surface area (Å²) < 4.78 is 13.9. The van der Waals surface area contributed by atoms with Crippen LogP contribution in [0.25, 0.3) is 10.1 Å². The maximum atomic E-state index is 13.2. The lowest BCUT2D eigenvalue weighted by atomic mass is 9.95. The van der Waals surface area contributed by atoms with Crippen LogP contribution in [0.1, 0.15) is 36.4 Å². The Bertz CT molecular complexity index is 625. The van der Waals surface area contributed by atoms with Crippen molar-refractivity contribution in [1.29, 1.82) is 0 Å².